The smallest absolute Gasteiger partial charge is 0.247 e. The Kier molecular flexibility index (Phi) is 8.60. The van der Waals surface area contributed by atoms with Gasteiger partial charge in [0.15, 0.2) is 5.65 Å². The van der Waals surface area contributed by atoms with E-state index in [-0.39, 0.29) is 17.6 Å². The Morgan fingerprint density at radius 1 is 1.12 bits per heavy atom. The van der Waals surface area contributed by atoms with Crippen molar-refractivity contribution in [2.24, 2.45) is 0 Å². The van der Waals surface area contributed by atoms with Gasteiger partial charge in [-0.25, -0.2) is 14.4 Å². The molecule has 0 radical (unpaired) electrons. The highest BCUT2D eigenvalue weighted by molar-refractivity contribution is 6.76. The van der Waals surface area contributed by atoms with E-state index in [4.69, 9.17) is 14.5 Å². The van der Waals surface area contributed by atoms with Crippen LogP contribution in [0.1, 0.15) is 5.56 Å². The molecule has 2 aromatic carbocycles. The summed E-state index contributed by atoms with van der Waals surface area (Å²) in [5, 5.41) is 7.19. The van der Waals surface area contributed by atoms with Gasteiger partial charge >= 0.3 is 0 Å². The van der Waals surface area contributed by atoms with Gasteiger partial charge in [0.2, 0.25) is 11.8 Å². The maximum Gasteiger partial charge on any atom is 0.247 e. The zero-order chi connectivity index (χ0) is 29.7. The van der Waals surface area contributed by atoms with Crippen molar-refractivity contribution < 1.29 is 18.7 Å². The first-order valence-corrected chi connectivity index (χ1v) is 17.3. The van der Waals surface area contributed by atoms with E-state index in [1.165, 1.54) is 12.1 Å². The number of nitrogens with zero attached hydrogens (tertiary/aromatic N) is 5. The standard InChI is InChI=1S/C31H33FN6O3Si/c1-5-28(39)35-24-10-8-11-25(15-24)41-29-17-33-31-30(36-29)26(20-37(31)21-40-13-14-42(2,3)4)23-16-34-38(19-23)18-22-9-6-7-12-27(22)32/h5-12,15-17,19-20H,1,13-14,18,21H2,2-4H3,(H,35,39). The van der Waals surface area contributed by atoms with Crippen molar-refractivity contribution in [3.8, 4) is 22.8 Å². The molecule has 0 atom stereocenters. The van der Waals surface area contributed by atoms with Crippen molar-refractivity contribution in [3.63, 3.8) is 0 Å². The van der Waals surface area contributed by atoms with Gasteiger partial charge in [-0.05, 0) is 30.3 Å². The number of rotatable bonds is 12. The summed E-state index contributed by atoms with van der Waals surface area (Å²) in [7, 11) is -1.23. The van der Waals surface area contributed by atoms with Crippen LogP contribution >= 0.6 is 0 Å². The second kappa shape index (κ2) is 12.5. The topological polar surface area (TPSA) is 96.1 Å². The van der Waals surface area contributed by atoms with E-state index < -0.39 is 8.07 Å². The molecule has 0 spiro atoms. The number of halogens is 1. The minimum Gasteiger partial charge on any atom is -0.437 e. The third-order valence-corrected chi connectivity index (χ3v) is 8.22. The predicted molar refractivity (Wildman–Crippen MR) is 164 cm³/mol. The molecular weight excluding hydrogens is 551 g/mol. The molecule has 0 unspecified atom stereocenters. The van der Waals surface area contributed by atoms with E-state index in [0.717, 1.165) is 17.2 Å². The van der Waals surface area contributed by atoms with Gasteiger partial charge in [0.05, 0.1) is 18.9 Å². The minimum absolute atomic E-state index is 0.276. The van der Waals surface area contributed by atoms with Crippen LogP contribution in [0.2, 0.25) is 25.7 Å². The minimum atomic E-state index is -1.23. The van der Waals surface area contributed by atoms with Crippen molar-refractivity contribution in [1.29, 1.82) is 0 Å². The number of fused-ring (bicyclic) bond motifs is 1. The first kappa shape index (κ1) is 28.9. The molecule has 0 aliphatic heterocycles. The van der Waals surface area contributed by atoms with Crippen molar-refractivity contribution >= 4 is 30.8 Å². The van der Waals surface area contributed by atoms with Gasteiger partial charge in [0, 0.05) is 55.5 Å². The number of amides is 1. The van der Waals surface area contributed by atoms with Gasteiger partial charge in [-0.3, -0.25) is 9.48 Å². The molecular formula is C31H33FN6O3Si. The highest BCUT2D eigenvalue weighted by atomic mass is 28.3. The zero-order valence-electron chi connectivity index (χ0n) is 23.9. The van der Waals surface area contributed by atoms with E-state index in [2.05, 4.69) is 41.6 Å². The molecule has 42 heavy (non-hydrogen) atoms. The van der Waals surface area contributed by atoms with Crippen LogP contribution in [-0.2, 0) is 22.8 Å². The summed E-state index contributed by atoms with van der Waals surface area (Å²) in [6.07, 6.45) is 8.29. The molecule has 0 fully saturated rings. The number of hydrogen-bond acceptors (Lipinski definition) is 6. The Labute approximate surface area is 244 Å². The summed E-state index contributed by atoms with van der Waals surface area (Å²) >= 11 is 0. The van der Waals surface area contributed by atoms with Crippen molar-refractivity contribution in [3.05, 3.63) is 97.4 Å². The molecule has 0 bridgehead atoms. The van der Waals surface area contributed by atoms with Gasteiger partial charge in [-0.15, -0.1) is 0 Å². The van der Waals surface area contributed by atoms with Crippen LogP contribution in [-0.4, -0.2) is 44.9 Å². The average molecular weight is 585 g/mol. The van der Waals surface area contributed by atoms with Crippen LogP contribution in [0.3, 0.4) is 0 Å². The summed E-state index contributed by atoms with van der Waals surface area (Å²) < 4.78 is 29.9. The summed E-state index contributed by atoms with van der Waals surface area (Å²) in [5.41, 5.74) is 3.96. The van der Waals surface area contributed by atoms with Gasteiger partial charge in [0.25, 0.3) is 0 Å². The highest BCUT2D eigenvalue weighted by Crippen LogP contribution is 2.31. The average Bonchev–Trinajstić information content (AvgIpc) is 3.56. The van der Waals surface area contributed by atoms with Crippen molar-refractivity contribution in [2.45, 2.75) is 39.0 Å². The molecule has 1 amide bonds. The van der Waals surface area contributed by atoms with E-state index >= 15 is 0 Å². The number of anilines is 1. The normalized spacial score (nSPS) is 11.5. The lowest BCUT2D eigenvalue weighted by molar-refractivity contribution is -0.111. The molecule has 0 aliphatic carbocycles. The van der Waals surface area contributed by atoms with Crippen LogP contribution < -0.4 is 10.1 Å². The Hall–Kier alpha value is -4.61. The molecule has 5 aromatic rings. The molecule has 3 heterocycles. The Morgan fingerprint density at radius 3 is 2.74 bits per heavy atom. The molecule has 5 rings (SSSR count). The second-order valence-electron chi connectivity index (χ2n) is 11.1. The van der Waals surface area contributed by atoms with Crippen LogP contribution in [0, 0.1) is 5.82 Å². The van der Waals surface area contributed by atoms with Gasteiger partial charge in [0.1, 0.15) is 23.8 Å². The fraction of sp³-hybridized carbons (Fsp3) is 0.226. The number of carbonyl (C=O) groups excluding carboxylic acids is 1. The van der Waals surface area contributed by atoms with Gasteiger partial charge < -0.3 is 19.4 Å². The lowest BCUT2D eigenvalue weighted by atomic mass is 10.2. The molecule has 0 saturated heterocycles. The van der Waals surface area contributed by atoms with Gasteiger partial charge in [-0.2, -0.15) is 5.10 Å². The maximum atomic E-state index is 14.3. The van der Waals surface area contributed by atoms with Crippen LogP contribution in [0.15, 0.2) is 86.0 Å². The Bertz CT molecular complexity index is 1730. The van der Waals surface area contributed by atoms with Crippen molar-refractivity contribution in [2.75, 3.05) is 11.9 Å². The third kappa shape index (κ3) is 7.17. The summed E-state index contributed by atoms with van der Waals surface area (Å²) in [5.74, 6) is 0.176. The first-order valence-electron chi connectivity index (χ1n) is 13.6. The largest absolute Gasteiger partial charge is 0.437 e. The molecule has 216 valence electrons. The van der Waals surface area contributed by atoms with Crippen molar-refractivity contribution in [1.82, 2.24) is 24.3 Å². The fourth-order valence-electron chi connectivity index (χ4n) is 4.28. The highest BCUT2D eigenvalue weighted by Gasteiger charge is 2.18. The number of ether oxygens (including phenoxy) is 2. The fourth-order valence-corrected chi connectivity index (χ4v) is 5.03. The van der Waals surface area contributed by atoms with E-state index in [9.17, 15) is 9.18 Å². The lowest BCUT2D eigenvalue weighted by Gasteiger charge is -2.15. The number of nitrogens with one attached hydrogen (secondary N) is 1. The predicted octanol–water partition coefficient (Wildman–Crippen LogP) is 6.71. The van der Waals surface area contributed by atoms with Crippen LogP contribution in [0.4, 0.5) is 10.1 Å². The molecule has 0 saturated carbocycles. The second-order valence-corrected chi connectivity index (χ2v) is 16.7. The number of benzene rings is 2. The summed E-state index contributed by atoms with van der Waals surface area (Å²) in [4.78, 5) is 21.2. The Morgan fingerprint density at radius 2 is 1.95 bits per heavy atom. The van der Waals surface area contributed by atoms with E-state index in [0.29, 0.717) is 48.0 Å². The molecule has 3 aromatic heterocycles. The van der Waals surface area contributed by atoms with Crippen LogP contribution in [0.5, 0.6) is 11.6 Å². The first-order chi connectivity index (χ1) is 20.2. The summed E-state index contributed by atoms with van der Waals surface area (Å²) in [6, 6.07) is 14.7. The molecule has 0 aliphatic rings. The number of aromatic nitrogens is 5. The van der Waals surface area contributed by atoms with E-state index in [1.807, 2.05) is 17.0 Å². The third-order valence-electron chi connectivity index (χ3n) is 6.51. The monoisotopic (exact) mass is 584 g/mol. The lowest BCUT2D eigenvalue weighted by Crippen LogP contribution is -2.22. The number of carbonyl (C=O) groups is 1. The SMILES string of the molecule is C=CC(=O)Nc1cccc(Oc2cnc3c(n2)c(-c2cnn(Cc4ccccc4F)c2)cn3COCC[Si](C)(C)C)c1. The maximum absolute atomic E-state index is 14.3. The molecule has 1 N–H and O–H groups in total. The summed E-state index contributed by atoms with van der Waals surface area (Å²) in [6.45, 7) is 11.7. The zero-order valence-corrected chi connectivity index (χ0v) is 24.9. The Balaban J connectivity index is 1.45. The van der Waals surface area contributed by atoms with Gasteiger partial charge in [-0.1, -0.05) is 50.5 Å². The molecule has 11 heteroatoms. The molecule has 9 nitrogen and oxygen atoms in total. The van der Waals surface area contributed by atoms with E-state index in [1.54, 1.807) is 59.5 Å². The quantitative estimate of drug-likeness (QED) is 0.0995. The van der Waals surface area contributed by atoms with Crippen LogP contribution in [0.25, 0.3) is 22.3 Å². The number of hydrogen-bond donors (Lipinski definition) is 1.